The molecule has 0 spiro atoms. The van der Waals surface area contributed by atoms with Gasteiger partial charge in [0, 0.05) is 25.2 Å². The lowest BCUT2D eigenvalue weighted by Crippen LogP contribution is -2.76. The molecule has 2 aliphatic heterocycles. The molecule has 0 bridgehead atoms. The Morgan fingerprint density at radius 1 is 0.872 bits per heavy atom. The van der Waals surface area contributed by atoms with Crippen LogP contribution in [-0.2, 0) is 19.3 Å². The lowest BCUT2D eigenvalue weighted by atomic mass is 9.81. The van der Waals surface area contributed by atoms with Gasteiger partial charge in [0.25, 0.3) is 0 Å². The highest BCUT2D eigenvalue weighted by molar-refractivity contribution is 7.96. The van der Waals surface area contributed by atoms with E-state index in [1.807, 2.05) is 0 Å². The molecule has 9 nitrogen and oxygen atoms in total. The maximum Gasteiger partial charge on any atom is 0.411 e. The molecule has 4 rings (SSSR count). The van der Waals surface area contributed by atoms with E-state index in [0.29, 0.717) is 57.0 Å². The number of hydrogen-bond acceptors (Lipinski definition) is 8. The van der Waals surface area contributed by atoms with Crippen LogP contribution >= 0.6 is 0 Å². The Bertz CT molecular complexity index is 839. The van der Waals surface area contributed by atoms with E-state index < -0.39 is 54.5 Å². The number of ether oxygens (including phenoxy) is 1. The number of nitrogens with zero attached hydrogens (tertiary/aromatic N) is 1. The zero-order valence-corrected chi connectivity index (χ0v) is 23.3. The summed E-state index contributed by atoms with van der Waals surface area (Å²) in [5.74, 6) is 0.891. The van der Waals surface area contributed by atoms with Gasteiger partial charge in [-0.15, -0.1) is 4.31 Å². The number of hydrogen-bond donors (Lipinski definition) is 5. The molecule has 5 N–H and O–H groups in total. The van der Waals surface area contributed by atoms with Crippen molar-refractivity contribution < 1.29 is 35.5 Å². The van der Waals surface area contributed by atoms with E-state index in [4.69, 9.17) is 4.74 Å². The van der Waals surface area contributed by atoms with Crippen molar-refractivity contribution in [2.45, 2.75) is 120 Å². The molecule has 4 fully saturated rings. The smallest absolute Gasteiger partial charge is 0.411 e. The van der Waals surface area contributed by atoms with Crippen molar-refractivity contribution in [3.05, 3.63) is 0 Å². The van der Waals surface area contributed by atoms with Gasteiger partial charge in [0.15, 0.2) is 6.35 Å². The minimum absolute atomic E-state index is 0.0355. The van der Waals surface area contributed by atoms with E-state index in [9.17, 15) is 30.7 Å². The Balaban J connectivity index is 1.30. The quantitative estimate of drug-likeness (QED) is 0.217. The first-order valence-corrected chi connectivity index (χ1v) is 15.6. The summed E-state index contributed by atoms with van der Waals surface area (Å²) in [7, 11) is -3.39. The van der Waals surface area contributed by atoms with Gasteiger partial charge in [-0.2, -0.15) is 13.2 Å². The normalized spacial score (nSPS) is 41.3. The first-order chi connectivity index (χ1) is 18.3. The third-order valence-corrected chi connectivity index (χ3v) is 11.0. The maximum absolute atomic E-state index is 13.9. The standard InChI is InChI=1S/C24H43F5N6O3S/c1-14-3-5-18(11-15(14)2)39(36,37)35-9-7-16(8-10-35)30-21-32-22(31-17-4-6-19(25)20(26)12-17)34-23(33-21)38-13-24(27,28)29/h14-23,30-34H,3-13H2,1-2H3. The van der Waals surface area contributed by atoms with Crippen LogP contribution in [0.1, 0.15) is 65.2 Å². The summed E-state index contributed by atoms with van der Waals surface area (Å²) in [4.78, 5) is 0. The molecule has 2 heterocycles. The molecule has 0 radical (unpaired) electrons. The van der Waals surface area contributed by atoms with Gasteiger partial charge in [-0.25, -0.2) is 8.78 Å². The summed E-state index contributed by atoms with van der Waals surface area (Å²) in [6.45, 7) is 3.54. The Morgan fingerprint density at radius 3 is 2.10 bits per heavy atom. The molecule has 10 unspecified atom stereocenters. The van der Waals surface area contributed by atoms with E-state index in [-0.39, 0.29) is 30.2 Å². The zero-order valence-electron chi connectivity index (χ0n) is 22.5. The summed E-state index contributed by atoms with van der Waals surface area (Å²) in [6, 6.07) is -0.455. The van der Waals surface area contributed by atoms with Crippen LogP contribution in [0.25, 0.3) is 0 Å². The highest BCUT2D eigenvalue weighted by Crippen LogP contribution is 2.37. The van der Waals surface area contributed by atoms with Crippen LogP contribution < -0.4 is 26.6 Å². The van der Waals surface area contributed by atoms with Crippen molar-refractivity contribution in [2.24, 2.45) is 11.8 Å². The lowest BCUT2D eigenvalue weighted by molar-refractivity contribution is -0.199. The zero-order chi connectivity index (χ0) is 28.4. The predicted octanol–water partition coefficient (Wildman–Crippen LogP) is 2.44. The largest absolute Gasteiger partial charge is 0.597 e. The molecular formula is C24H43F5N6O3S. The molecule has 228 valence electrons. The van der Waals surface area contributed by atoms with Crippen molar-refractivity contribution >= 4 is 10.4 Å². The van der Waals surface area contributed by atoms with Crippen LogP contribution in [0.3, 0.4) is 0 Å². The molecule has 2 saturated heterocycles. The maximum atomic E-state index is 13.9. The molecule has 2 aliphatic carbocycles. The van der Waals surface area contributed by atoms with Crippen LogP contribution in [0.4, 0.5) is 22.0 Å². The fourth-order valence-electron chi connectivity index (χ4n) is 6.04. The van der Waals surface area contributed by atoms with Gasteiger partial charge in [0.2, 0.25) is 0 Å². The molecule has 0 aromatic carbocycles. The number of rotatable bonds is 8. The summed E-state index contributed by atoms with van der Waals surface area (Å²) in [5.41, 5.74) is 0. The Labute approximate surface area is 228 Å². The lowest BCUT2D eigenvalue weighted by Gasteiger charge is -2.44. The third kappa shape index (κ3) is 8.74. The number of halogens is 5. The second-order valence-corrected chi connectivity index (χ2v) is 13.9. The highest BCUT2D eigenvalue weighted by atomic mass is 32.3. The summed E-state index contributed by atoms with van der Waals surface area (Å²) in [6.07, 6.45) is -6.41. The van der Waals surface area contributed by atoms with Gasteiger partial charge < -0.3 is 9.29 Å². The van der Waals surface area contributed by atoms with Gasteiger partial charge in [0.1, 0.15) is 47.2 Å². The number of alkyl halides is 5. The highest BCUT2D eigenvalue weighted by Gasteiger charge is 2.43. The summed E-state index contributed by atoms with van der Waals surface area (Å²) in [5, 5.41) is 15.0. The first kappa shape index (κ1) is 31.4. The Morgan fingerprint density at radius 2 is 1.51 bits per heavy atom. The predicted molar refractivity (Wildman–Crippen MR) is 136 cm³/mol. The fourth-order valence-corrected chi connectivity index (χ4v) is 8.16. The molecule has 0 aromatic heterocycles. The molecule has 0 aromatic rings. The van der Waals surface area contributed by atoms with Gasteiger partial charge in [-0.05, 0) is 63.2 Å². The van der Waals surface area contributed by atoms with Crippen molar-refractivity contribution in [1.29, 1.82) is 0 Å². The Kier molecular flexibility index (Phi) is 10.6. The molecule has 15 heteroatoms. The van der Waals surface area contributed by atoms with Crippen molar-refractivity contribution in [3.63, 3.8) is 0 Å². The molecule has 2 saturated carbocycles. The third-order valence-electron chi connectivity index (χ3n) is 8.67. The summed E-state index contributed by atoms with van der Waals surface area (Å²) < 4.78 is 98.9. The van der Waals surface area contributed by atoms with Crippen molar-refractivity contribution in [1.82, 2.24) is 30.9 Å². The van der Waals surface area contributed by atoms with E-state index in [1.54, 1.807) is 4.31 Å². The van der Waals surface area contributed by atoms with Crippen LogP contribution in [0.5, 0.6) is 0 Å². The SMILES string of the molecule is CC1CCC([S+](=O)([O-])N2CCC(NC3NC(NC4CCC(F)C(F)C4)NC(OCC(F)(F)F)N3)CC2)CC1C. The van der Waals surface area contributed by atoms with Gasteiger partial charge in [-0.1, -0.05) is 18.1 Å². The number of piperidine rings is 1. The minimum Gasteiger partial charge on any atom is -0.597 e. The van der Waals surface area contributed by atoms with E-state index in [2.05, 4.69) is 40.4 Å². The average molecular weight is 591 g/mol. The minimum atomic E-state index is -4.52. The monoisotopic (exact) mass is 590 g/mol. The van der Waals surface area contributed by atoms with Crippen LogP contribution in [0.15, 0.2) is 0 Å². The average Bonchev–Trinajstić information content (AvgIpc) is 2.86. The molecule has 10 atom stereocenters. The second kappa shape index (κ2) is 13.2. The first-order valence-electron chi connectivity index (χ1n) is 14.1. The van der Waals surface area contributed by atoms with Crippen LogP contribution in [-0.4, -0.2) is 83.3 Å². The Hall–Kier alpha value is -0.520. The molecule has 4 aliphatic rings. The number of nitrogens with one attached hydrogen (secondary N) is 5. The topological polar surface area (TPSA) is 113 Å². The van der Waals surface area contributed by atoms with Crippen LogP contribution in [0.2, 0.25) is 0 Å². The van der Waals surface area contributed by atoms with Crippen molar-refractivity contribution in [2.75, 3.05) is 19.7 Å². The van der Waals surface area contributed by atoms with E-state index in [0.717, 1.165) is 6.42 Å². The van der Waals surface area contributed by atoms with Gasteiger partial charge in [0.05, 0.1) is 0 Å². The number of sulfonamides is 1. The molecular weight excluding hydrogens is 547 g/mol. The summed E-state index contributed by atoms with van der Waals surface area (Å²) >= 11 is 0. The molecule has 39 heavy (non-hydrogen) atoms. The van der Waals surface area contributed by atoms with Crippen LogP contribution in [0, 0.1) is 11.8 Å². The fraction of sp³-hybridized carbons (Fsp3) is 1.00. The van der Waals surface area contributed by atoms with E-state index in [1.165, 1.54) is 0 Å². The van der Waals surface area contributed by atoms with E-state index >= 15 is 0 Å². The van der Waals surface area contributed by atoms with Gasteiger partial charge >= 0.3 is 6.18 Å². The van der Waals surface area contributed by atoms with Crippen molar-refractivity contribution in [3.8, 4) is 0 Å². The second-order valence-electron chi connectivity index (χ2n) is 11.7. The molecule has 0 amide bonds. The van der Waals surface area contributed by atoms with Gasteiger partial charge in [-0.3, -0.25) is 26.6 Å².